The van der Waals surface area contributed by atoms with Crippen molar-refractivity contribution in [3.05, 3.63) is 83.9 Å². The van der Waals surface area contributed by atoms with Crippen LogP contribution in [0.15, 0.2) is 72.8 Å². The normalized spacial score (nSPS) is 11.8. The van der Waals surface area contributed by atoms with Crippen LogP contribution in [0, 0.1) is 0 Å². The molecule has 4 amide bonds. The minimum atomic E-state index is -0.654. The molecular weight excluding hydrogens is 534 g/mol. The van der Waals surface area contributed by atoms with Gasteiger partial charge in [0.25, 0.3) is 5.91 Å². The molecule has 0 bridgehead atoms. The van der Waals surface area contributed by atoms with E-state index in [2.05, 4.69) is 21.3 Å². The lowest BCUT2D eigenvalue weighted by molar-refractivity contribution is 0.0635. The fourth-order valence-corrected chi connectivity index (χ4v) is 4.04. The van der Waals surface area contributed by atoms with Gasteiger partial charge in [-0.1, -0.05) is 30.3 Å². The predicted octanol–water partition coefficient (Wildman–Crippen LogP) is 6.50. The average Bonchev–Trinajstić information content (AvgIpc) is 2.91. The van der Waals surface area contributed by atoms with Crippen LogP contribution < -0.4 is 26.0 Å². The van der Waals surface area contributed by atoms with Gasteiger partial charge >= 0.3 is 12.1 Å². The van der Waals surface area contributed by atoms with Gasteiger partial charge in [0.05, 0.1) is 24.0 Å². The maximum atomic E-state index is 13.1. The summed E-state index contributed by atoms with van der Waals surface area (Å²) in [5.41, 5.74) is 2.11. The highest BCUT2D eigenvalue weighted by Gasteiger charge is 2.19. The maximum Gasteiger partial charge on any atom is 0.412 e. The lowest BCUT2D eigenvalue weighted by atomic mass is 10.0. The van der Waals surface area contributed by atoms with Crippen molar-refractivity contribution in [3.63, 3.8) is 0 Å². The zero-order chi connectivity index (χ0) is 30.7. The molecule has 0 saturated carbocycles. The van der Waals surface area contributed by atoms with Gasteiger partial charge in [0, 0.05) is 17.3 Å². The third kappa shape index (κ3) is 10.4. The number of carbonyl (C=O) groups is 3. The molecule has 3 rings (SSSR count). The Labute approximate surface area is 247 Å². The average molecular weight is 576 g/mol. The number of urea groups is 1. The smallest absolute Gasteiger partial charge is 0.412 e. The Morgan fingerprint density at radius 2 is 1.52 bits per heavy atom. The molecule has 0 spiro atoms. The molecule has 0 saturated heterocycles. The van der Waals surface area contributed by atoms with Crippen molar-refractivity contribution >= 4 is 35.1 Å². The number of hydrogen-bond acceptors (Lipinski definition) is 6. The van der Waals surface area contributed by atoms with E-state index in [-0.39, 0.29) is 18.0 Å². The zero-order valence-electron chi connectivity index (χ0n) is 25.1. The summed E-state index contributed by atoms with van der Waals surface area (Å²) in [6.45, 7) is 8.51. The first-order valence-corrected chi connectivity index (χ1v) is 13.9. The fraction of sp³-hybridized carbons (Fsp3) is 0.344. The highest BCUT2D eigenvalue weighted by Crippen LogP contribution is 2.24. The van der Waals surface area contributed by atoms with Gasteiger partial charge in [0.2, 0.25) is 0 Å². The molecule has 0 aliphatic heterocycles. The monoisotopic (exact) mass is 575 g/mol. The Balaban J connectivity index is 1.69. The first-order valence-electron chi connectivity index (χ1n) is 13.9. The molecule has 4 N–H and O–H groups in total. The van der Waals surface area contributed by atoms with Crippen molar-refractivity contribution in [2.24, 2.45) is 0 Å². The molecular formula is C32H41N5O5. The molecule has 0 aliphatic rings. The lowest BCUT2D eigenvalue weighted by Crippen LogP contribution is -2.34. The summed E-state index contributed by atoms with van der Waals surface area (Å²) in [6.07, 6.45) is 0.0464. The zero-order valence-corrected chi connectivity index (χ0v) is 25.1. The molecule has 0 aliphatic carbocycles. The first-order chi connectivity index (χ1) is 19.9. The Morgan fingerprint density at radius 3 is 2.14 bits per heavy atom. The number of anilines is 3. The summed E-state index contributed by atoms with van der Waals surface area (Å²) in [4.78, 5) is 40.3. The molecule has 0 heterocycles. The number of ether oxygens (including phenoxy) is 2. The molecule has 10 heteroatoms. The number of para-hydroxylation sites is 2. The second-order valence-electron chi connectivity index (χ2n) is 11.0. The van der Waals surface area contributed by atoms with Crippen molar-refractivity contribution < 1.29 is 23.9 Å². The van der Waals surface area contributed by atoms with Crippen molar-refractivity contribution in [1.29, 1.82) is 0 Å². The first kappa shape index (κ1) is 32.0. The molecule has 224 valence electrons. The topological polar surface area (TPSA) is 121 Å². The van der Waals surface area contributed by atoms with Crippen LogP contribution in [0.3, 0.4) is 0 Å². The van der Waals surface area contributed by atoms with Gasteiger partial charge in [-0.05, 0) is 96.7 Å². The molecule has 3 aromatic carbocycles. The molecule has 42 heavy (non-hydrogen) atoms. The van der Waals surface area contributed by atoms with Crippen LogP contribution in [0.4, 0.5) is 26.7 Å². The number of nitrogens with zero attached hydrogens (tertiary/aromatic N) is 1. The van der Waals surface area contributed by atoms with E-state index in [0.29, 0.717) is 41.4 Å². The van der Waals surface area contributed by atoms with Crippen molar-refractivity contribution in [2.45, 2.75) is 45.8 Å². The van der Waals surface area contributed by atoms with E-state index < -0.39 is 11.7 Å². The largest absolute Gasteiger partial charge is 0.494 e. The quantitative estimate of drug-likeness (QED) is 0.207. The molecule has 10 nitrogen and oxygen atoms in total. The van der Waals surface area contributed by atoms with Crippen molar-refractivity contribution in [3.8, 4) is 5.75 Å². The van der Waals surface area contributed by atoms with Crippen LogP contribution in [0.25, 0.3) is 0 Å². The fourth-order valence-electron chi connectivity index (χ4n) is 4.04. The number of benzene rings is 3. The minimum Gasteiger partial charge on any atom is -0.494 e. The number of nitrogens with one attached hydrogen (secondary N) is 4. The van der Waals surface area contributed by atoms with Gasteiger partial charge in [-0.15, -0.1) is 0 Å². The van der Waals surface area contributed by atoms with Gasteiger partial charge in [0.1, 0.15) is 11.4 Å². The molecule has 0 fully saturated rings. The van der Waals surface area contributed by atoms with Gasteiger partial charge in [-0.25, -0.2) is 9.59 Å². The van der Waals surface area contributed by atoms with E-state index in [1.54, 1.807) is 69.3 Å². The van der Waals surface area contributed by atoms with Crippen LogP contribution in [-0.2, 0) is 4.74 Å². The molecule has 0 aromatic heterocycles. The highest BCUT2D eigenvalue weighted by molar-refractivity contribution is 6.06. The Hall–Kier alpha value is -4.57. The molecule has 3 aromatic rings. The van der Waals surface area contributed by atoms with E-state index in [1.165, 1.54) is 0 Å². The summed E-state index contributed by atoms with van der Waals surface area (Å²) in [5, 5.41) is 11.5. The lowest BCUT2D eigenvalue weighted by Gasteiger charge is -2.22. The second-order valence-corrected chi connectivity index (χ2v) is 11.0. The van der Waals surface area contributed by atoms with Gasteiger partial charge in [-0.2, -0.15) is 0 Å². The van der Waals surface area contributed by atoms with Crippen LogP contribution in [-0.4, -0.2) is 55.8 Å². The van der Waals surface area contributed by atoms with E-state index in [4.69, 9.17) is 9.47 Å². The number of amides is 4. The maximum absolute atomic E-state index is 13.1. The summed E-state index contributed by atoms with van der Waals surface area (Å²) in [7, 11) is 3.94. The standard InChI is InChI=1S/C32H41N5O5/c1-7-41-25-12-10-11-24(21-25)33-30(39)35-26(19-20-37(5)6)22-15-17-23(18-16-22)29(38)34-27-13-8-9-14-28(27)36-31(40)42-32(2,3)4/h8-18,21,26H,7,19-20H2,1-6H3,(H,34,38)(H,36,40)(H2,33,35,39). The summed E-state index contributed by atoms with van der Waals surface area (Å²) in [5.74, 6) is 0.335. The number of carbonyl (C=O) groups excluding carboxylic acids is 3. The van der Waals surface area contributed by atoms with E-state index in [1.807, 2.05) is 50.2 Å². The van der Waals surface area contributed by atoms with Crippen LogP contribution in [0.2, 0.25) is 0 Å². The second kappa shape index (κ2) is 14.9. The van der Waals surface area contributed by atoms with Crippen molar-refractivity contribution in [1.82, 2.24) is 10.2 Å². The molecule has 1 atom stereocenters. The van der Waals surface area contributed by atoms with Crippen molar-refractivity contribution in [2.75, 3.05) is 43.2 Å². The SMILES string of the molecule is CCOc1cccc(NC(=O)NC(CCN(C)C)c2ccc(C(=O)Nc3ccccc3NC(=O)OC(C)(C)C)cc2)c1. The Morgan fingerprint density at radius 1 is 0.857 bits per heavy atom. The van der Waals surface area contributed by atoms with E-state index in [9.17, 15) is 14.4 Å². The van der Waals surface area contributed by atoms with Gasteiger partial charge in [-0.3, -0.25) is 10.1 Å². The Kier molecular flexibility index (Phi) is 11.3. The molecule has 1 unspecified atom stereocenters. The Bertz CT molecular complexity index is 1350. The minimum absolute atomic E-state index is 0.293. The van der Waals surface area contributed by atoms with E-state index >= 15 is 0 Å². The van der Waals surface area contributed by atoms with E-state index in [0.717, 1.165) is 12.1 Å². The third-order valence-corrected chi connectivity index (χ3v) is 5.96. The summed E-state index contributed by atoms with van der Waals surface area (Å²) < 4.78 is 10.8. The summed E-state index contributed by atoms with van der Waals surface area (Å²) in [6, 6.07) is 20.6. The van der Waals surface area contributed by atoms with Gasteiger partial charge in [0.15, 0.2) is 0 Å². The predicted molar refractivity (Wildman–Crippen MR) is 166 cm³/mol. The van der Waals surface area contributed by atoms with Gasteiger partial charge < -0.3 is 30.3 Å². The van der Waals surface area contributed by atoms with Crippen LogP contribution >= 0.6 is 0 Å². The molecule has 0 radical (unpaired) electrons. The van der Waals surface area contributed by atoms with Crippen LogP contribution in [0.1, 0.15) is 56.1 Å². The highest BCUT2D eigenvalue weighted by atomic mass is 16.6. The third-order valence-electron chi connectivity index (χ3n) is 5.96. The summed E-state index contributed by atoms with van der Waals surface area (Å²) >= 11 is 0. The number of rotatable bonds is 11. The number of hydrogen-bond donors (Lipinski definition) is 4. The van der Waals surface area contributed by atoms with Crippen LogP contribution in [0.5, 0.6) is 5.75 Å².